The fourth-order valence-corrected chi connectivity index (χ4v) is 1.76. The van der Waals surface area contributed by atoms with Gasteiger partial charge in [-0.1, -0.05) is 26.7 Å². The number of aliphatic carboxylic acids is 1. The summed E-state index contributed by atoms with van der Waals surface area (Å²) in [6.45, 7) is 8.49. The third kappa shape index (κ3) is 15.5. The monoisotopic (exact) mass is 381 g/mol. The molecule has 0 unspecified atom stereocenters. The van der Waals surface area contributed by atoms with Gasteiger partial charge < -0.3 is 15.3 Å². The van der Waals surface area contributed by atoms with Crippen LogP contribution < -0.4 is 0 Å². The molecule has 24 heavy (non-hydrogen) atoms. The van der Waals surface area contributed by atoms with Gasteiger partial charge in [-0.3, -0.25) is 4.79 Å². The molecule has 0 aromatic heterocycles. The molecular weight excluding hydrogens is 351 g/mol. The molecule has 0 aliphatic heterocycles. The average molecular weight is 381 g/mol. The maximum absolute atomic E-state index is 10.9. The number of aliphatic hydroxyl groups excluding tert-OH is 2. The second kappa shape index (κ2) is 18.0. The van der Waals surface area contributed by atoms with Crippen LogP contribution in [-0.2, 0) is 30.6 Å². The Bertz CT molecular complexity index is 392. The van der Waals surface area contributed by atoms with E-state index in [-0.39, 0.29) is 22.9 Å². The van der Waals surface area contributed by atoms with E-state index in [1.54, 1.807) is 6.92 Å². The molecule has 0 aromatic rings. The zero-order valence-corrected chi connectivity index (χ0v) is 16.7. The minimum atomic E-state index is -1.02. The van der Waals surface area contributed by atoms with Crippen molar-refractivity contribution >= 4 is 11.8 Å². The summed E-state index contributed by atoms with van der Waals surface area (Å²) in [4.78, 5) is 21.3. The Kier molecular flexibility index (Phi) is 20.5. The Morgan fingerprint density at radius 1 is 0.750 bits per heavy atom. The molecule has 0 bridgehead atoms. The SMILES string of the molecule is CCCC/C(C(=O)O)=C(\C)O.CCCC/C(C(C)=O)=C(\C)O.[O]=[V]. The van der Waals surface area contributed by atoms with E-state index in [9.17, 15) is 9.59 Å². The fourth-order valence-electron chi connectivity index (χ4n) is 1.76. The van der Waals surface area contributed by atoms with Gasteiger partial charge in [0.15, 0.2) is 5.78 Å². The number of allylic oxidation sites excluding steroid dienone is 3. The number of hydrogen-bond acceptors (Lipinski definition) is 5. The molecule has 0 amide bonds. The van der Waals surface area contributed by atoms with Crippen molar-refractivity contribution in [1.29, 1.82) is 0 Å². The van der Waals surface area contributed by atoms with Gasteiger partial charge in [0.05, 0.1) is 17.1 Å². The fraction of sp³-hybridized carbons (Fsp3) is 0.647. The van der Waals surface area contributed by atoms with E-state index in [1.807, 2.05) is 6.92 Å². The van der Waals surface area contributed by atoms with Crippen LogP contribution in [0.5, 0.6) is 0 Å². The average Bonchev–Trinajstić information content (AvgIpc) is 2.49. The van der Waals surface area contributed by atoms with Gasteiger partial charge in [-0.15, -0.1) is 0 Å². The molecule has 0 saturated heterocycles. The molecule has 3 N–H and O–H groups in total. The summed E-state index contributed by atoms with van der Waals surface area (Å²) < 4.78 is 8.19. The first-order chi connectivity index (χ1) is 11.2. The second-order valence-corrected chi connectivity index (χ2v) is 5.20. The molecule has 0 atom stereocenters. The zero-order chi connectivity index (χ0) is 19.7. The molecule has 0 radical (unpaired) electrons. The predicted octanol–water partition coefficient (Wildman–Crippen LogP) is 4.57. The summed E-state index contributed by atoms with van der Waals surface area (Å²) in [5, 5.41) is 26.5. The van der Waals surface area contributed by atoms with Crippen LogP contribution in [0.2, 0.25) is 0 Å². The summed E-state index contributed by atoms with van der Waals surface area (Å²) in [7, 11) is 0. The van der Waals surface area contributed by atoms with Gasteiger partial charge in [0, 0.05) is 5.57 Å². The van der Waals surface area contributed by atoms with Crippen LogP contribution in [0.4, 0.5) is 0 Å². The van der Waals surface area contributed by atoms with Gasteiger partial charge in [0.25, 0.3) is 0 Å². The zero-order valence-electron chi connectivity index (χ0n) is 15.3. The Morgan fingerprint density at radius 3 is 1.29 bits per heavy atom. The number of carboxylic acids is 1. The maximum atomic E-state index is 10.9. The van der Waals surface area contributed by atoms with E-state index in [2.05, 4.69) is 6.92 Å². The first-order valence-corrected chi connectivity index (χ1v) is 8.45. The first-order valence-electron chi connectivity index (χ1n) is 7.88. The number of unbranched alkanes of at least 4 members (excludes halogenated alkanes) is 2. The van der Waals surface area contributed by atoms with E-state index in [1.165, 1.54) is 13.8 Å². The molecule has 7 heteroatoms. The van der Waals surface area contributed by atoms with Crippen molar-refractivity contribution in [2.45, 2.75) is 73.1 Å². The molecule has 0 saturated carbocycles. The van der Waals surface area contributed by atoms with Crippen LogP contribution in [-0.4, -0.2) is 27.1 Å². The molecule has 0 heterocycles. The number of carboxylic acid groups (broad SMARTS) is 1. The minimum absolute atomic E-state index is 0.0153. The predicted molar refractivity (Wildman–Crippen MR) is 88.7 cm³/mol. The van der Waals surface area contributed by atoms with Crippen LogP contribution in [0.3, 0.4) is 0 Å². The molecule has 0 aromatic carbocycles. The van der Waals surface area contributed by atoms with Crippen LogP contribution >= 0.6 is 0 Å². The standard InChI is InChI=1S/C9H16O2.C8H14O3.O.V/c1-4-5-6-9(7(2)10)8(3)11;1-3-4-5-7(6(2)9)8(10)11;;/h10H,4-6H2,1-3H3;9H,3-5H2,1-2H3,(H,10,11);;/b9-7-;7-6-;;. The molecular formula is C17H30O6V. The van der Waals surface area contributed by atoms with Gasteiger partial charge >= 0.3 is 27.0 Å². The van der Waals surface area contributed by atoms with E-state index in [4.69, 9.17) is 19.0 Å². The Morgan fingerprint density at radius 2 is 1.08 bits per heavy atom. The van der Waals surface area contributed by atoms with E-state index < -0.39 is 5.97 Å². The van der Waals surface area contributed by atoms with Crippen molar-refractivity contribution in [2.24, 2.45) is 0 Å². The number of carbonyl (C=O) groups excluding carboxylic acids is 1. The van der Waals surface area contributed by atoms with Gasteiger partial charge in [0.1, 0.15) is 0 Å². The molecule has 0 aliphatic rings. The van der Waals surface area contributed by atoms with Gasteiger partial charge in [-0.05, 0) is 46.5 Å². The summed E-state index contributed by atoms with van der Waals surface area (Å²) >= 11 is 1.06. The Labute approximate surface area is 153 Å². The van der Waals surface area contributed by atoms with Crippen molar-refractivity contribution in [3.8, 4) is 0 Å². The van der Waals surface area contributed by atoms with Crippen molar-refractivity contribution in [2.75, 3.05) is 0 Å². The van der Waals surface area contributed by atoms with Gasteiger partial charge in [0.2, 0.25) is 0 Å². The third-order valence-corrected chi connectivity index (χ3v) is 3.12. The number of rotatable bonds is 8. The molecule has 0 spiro atoms. The molecule has 0 rings (SSSR count). The number of Topliss-reactive ketones (excluding diaryl/α,β-unsaturated/α-hetero) is 1. The van der Waals surface area contributed by atoms with Crippen LogP contribution in [0.15, 0.2) is 22.7 Å². The van der Waals surface area contributed by atoms with Gasteiger partial charge in [-0.2, -0.15) is 0 Å². The van der Waals surface area contributed by atoms with Crippen molar-refractivity contribution in [3.63, 3.8) is 0 Å². The summed E-state index contributed by atoms with van der Waals surface area (Å²) in [6, 6.07) is 0. The summed E-state index contributed by atoms with van der Waals surface area (Å²) in [6.07, 6.45) is 4.91. The summed E-state index contributed by atoms with van der Waals surface area (Å²) in [5.41, 5.74) is 0.707. The van der Waals surface area contributed by atoms with Crippen LogP contribution in [0.1, 0.15) is 73.1 Å². The quantitative estimate of drug-likeness (QED) is 0.419. The number of aliphatic hydroxyl groups is 2. The van der Waals surface area contributed by atoms with E-state index in [0.717, 1.165) is 43.1 Å². The molecule has 139 valence electrons. The topological polar surface area (TPSA) is 112 Å². The first kappa shape index (κ1) is 27.5. The molecule has 0 fully saturated rings. The normalized spacial score (nSPS) is 11.7. The van der Waals surface area contributed by atoms with Crippen molar-refractivity contribution in [3.05, 3.63) is 22.7 Å². The Hall–Kier alpha value is -1.40. The number of carbonyl (C=O) groups is 2. The Balaban J connectivity index is -0.000000333. The van der Waals surface area contributed by atoms with Crippen molar-refractivity contribution in [1.82, 2.24) is 0 Å². The second-order valence-electron chi connectivity index (χ2n) is 5.20. The number of hydrogen-bond donors (Lipinski definition) is 3. The molecule has 6 nitrogen and oxygen atoms in total. The van der Waals surface area contributed by atoms with E-state index >= 15 is 0 Å². The summed E-state index contributed by atoms with van der Waals surface area (Å²) in [5.74, 6) is -0.936. The number of ketones is 1. The van der Waals surface area contributed by atoms with Crippen LogP contribution in [0.25, 0.3) is 0 Å². The van der Waals surface area contributed by atoms with Crippen molar-refractivity contribution < 1.29 is 46.0 Å². The van der Waals surface area contributed by atoms with Crippen LogP contribution in [0, 0.1) is 0 Å². The molecule has 0 aliphatic carbocycles. The third-order valence-electron chi connectivity index (χ3n) is 3.12. The van der Waals surface area contributed by atoms with Gasteiger partial charge in [-0.25, -0.2) is 4.79 Å². The van der Waals surface area contributed by atoms with E-state index in [0.29, 0.717) is 18.4 Å².